The Morgan fingerprint density at radius 3 is 2.65 bits per heavy atom. The Labute approximate surface area is 104 Å². The van der Waals surface area contributed by atoms with Gasteiger partial charge in [-0.25, -0.2) is 0 Å². The SMILES string of the molecule is CCC(NC)c1ccc(OCCN(C)C)cn1. The lowest BCUT2D eigenvalue weighted by atomic mass is 10.1. The highest BCUT2D eigenvalue weighted by Gasteiger charge is 2.07. The van der Waals surface area contributed by atoms with Crippen LogP contribution < -0.4 is 10.1 Å². The standard InChI is InChI=1S/C13H23N3O/c1-5-12(14-2)13-7-6-11(10-15-13)17-9-8-16(3)4/h6-7,10,12,14H,5,8-9H2,1-4H3. The Morgan fingerprint density at radius 1 is 1.41 bits per heavy atom. The minimum Gasteiger partial charge on any atom is -0.491 e. The maximum absolute atomic E-state index is 5.59. The molecule has 1 aromatic rings. The number of rotatable bonds is 7. The molecule has 0 saturated carbocycles. The van der Waals surface area contributed by atoms with Crippen molar-refractivity contribution in [3.8, 4) is 5.75 Å². The summed E-state index contributed by atoms with van der Waals surface area (Å²) in [6.45, 7) is 3.75. The van der Waals surface area contributed by atoms with E-state index in [1.165, 1.54) is 0 Å². The number of likely N-dealkylation sites (N-methyl/N-ethyl adjacent to an activating group) is 1. The molecular weight excluding hydrogens is 214 g/mol. The van der Waals surface area contributed by atoms with Crippen molar-refractivity contribution in [1.29, 1.82) is 0 Å². The van der Waals surface area contributed by atoms with E-state index in [2.05, 4.69) is 22.1 Å². The first-order valence-corrected chi connectivity index (χ1v) is 6.08. The summed E-state index contributed by atoms with van der Waals surface area (Å²) in [6.07, 6.45) is 2.83. The number of aromatic nitrogens is 1. The summed E-state index contributed by atoms with van der Waals surface area (Å²) in [6, 6.07) is 4.33. The Morgan fingerprint density at radius 2 is 2.18 bits per heavy atom. The fourth-order valence-corrected chi connectivity index (χ4v) is 1.59. The van der Waals surface area contributed by atoms with E-state index >= 15 is 0 Å². The molecule has 4 heteroatoms. The van der Waals surface area contributed by atoms with E-state index in [0.29, 0.717) is 12.6 Å². The molecular formula is C13H23N3O. The molecule has 0 fully saturated rings. The Kier molecular flexibility index (Phi) is 5.94. The van der Waals surface area contributed by atoms with E-state index in [1.807, 2.05) is 33.3 Å². The van der Waals surface area contributed by atoms with Gasteiger partial charge >= 0.3 is 0 Å². The highest BCUT2D eigenvalue weighted by atomic mass is 16.5. The lowest BCUT2D eigenvalue weighted by Gasteiger charge is -2.14. The van der Waals surface area contributed by atoms with Crippen LogP contribution in [0.5, 0.6) is 5.75 Å². The number of hydrogen-bond donors (Lipinski definition) is 1. The first-order chi connectivity index (χ1) is 8.17. The van der Waals surface area contributed by atoms with Gasteiger partial charge in [-0.15, -0.1) is 0 Å². The second kappa shape index (κ2) is 7.25. The van der Waals surface area contributed by atoms with Gasteiger partial charge in [0.25, 0.3) is 0 Å². The quantitative estimate of drug-likeness (QED) is 0.783. The van der Waals surface area contributed by atoms with Gasteiger partial charge in [-0.3, -0.25) is 4.98 Å². The monoisotopic (exact) mass is 237 g/mol. The van der Waals surface area contributed by atoms with Gasteiger partial charge in [0.1, 0.15) is 12.4 Å². The molecule has 1 atom stereocenters. The molecule has 0 aromatic carbocycles. The third-order valence-corrected chi connectivity index (χ3v) is 2.68. The maximum Gasteiger partial charge on any atom is 0.137 e. The molecule has 4 nitrogen and oxygen atoms in total. The molecule has 0 amide bonds. The molecule has 1 aromatic heterocycles. The van der Waals surface area contributed by atoms with Crippen LogP contribution in [0.15, 0.2) is 18.3 Å². The third-order valence-electron chi connectivity index (χ3n) is 2.68. The summed E-state index contributed by atoms with van der Waals surface area (Å²) in [5.41, 5.74) is 1.06. The summed E-state index contributed by atoms with van der Waals surface area (Å²) in [5, 5.41) is 3.24. The molecule has 96 valence electrons. The molecule has 1 heterocycles. The van der Waals surface area contributed by atoms with Crippen LogP contribution in [0, 0.1) is 0 Å². The zero-order valence-electron chi connectivity index (χ0n) is 11.2. The largest absolute Gasteiger partial charge is 0.491 e. The zero-order valence-corrected chi connectivity index (χ0v) is 11.2. The van der Waals surface area contributed by atoms with Crippen molar-refractivity contribution in [2.45, 2.75) is 19.4 Å². The van der Waals surface area contributed by atoms with Gasteiger partial charge < -0.3 is 15.0 Å². The summed E-state index contributed by atoms with van der Waals surface area (Å²) in [7, 11) is 6.02. The van der Waals surface area contributed by atoms with Crippen molar-refractivity contribution in [2.75, 3.05) is 34.3 Å². The van der Waals surface area contributed by atoms with Gasteiger partial charge in [0.2, 0.25) is 0 Å². The normalized spacial score (nSPS) is 12.8. The maximum atomic E-state index is 5.59. The number of nitrogens with zero attached hydrogens (tertiary/aromatic N) is 2. The molecule has 1 N–H and O–H groups in total. The number of hydrogen-bond acceptors (Lipinski definition) is 4. The summed E-state index contributed by atoms with van der Waals surface area (Å²) < 4.78 is 5.59. The Bertz CT molecular complexity index is 307. The molecule has 17 heavy (non-hydrogen) atoms. The van der Waals surface area contributed by atoms with E-state index < -0.39 is 0 Å². The minimum absolute atomic E-state index is 0.325. The van der Waals surface area contributed by atoms with Crippen LogP contribution in [0.1, 0.15) is 25.1 Å². The lowest BCUT2D eigenvalue weighted by Crippen LogP contribution is -2.19. The first kappa shape index (κ1) is 13.9. The summed E-state index contributed by atoms with van der Waals surface area (Å²) in [4.78, 5) is 6.51. The van der Waals surface area contributed by atoms with Gasteiger partial charge in [-0.05, 0) is 39.7 Å². The molecule has 0 saturated heterocycles. The molecule has 0 aliphatic heterocycles. The fraction of sp³-hybridized carbons (Fsp3) is 0.615. The second-order valence-corrected chi connectivity index (χ2v) is 4.32. The highest BCUT2D eigenvalue weighted by molar-refractivity contribution is 5.21. The zero-order chi connectivity index (χ0) is 12.7. The molecule has 1 rings (SSSR count). The van der Waals surface area contributed by atoms with Crippen LogP contribution >= 0.6 is 0 Å². The van der Waals surface area contributed by atoms with Gasteiger partial charge in [0.05, 0.1) is 11.9 Å². The van der Waals surface area contributed by atoms with Crippen molar-refractivity contribution < 1.29 is 4.74 Å². The minimum atomic E-state index is 0.325. The molecule has 1 unspecified atom stereocenters. The average Bonchev–Trinajstić information content (AvgIpc) is 2.32. The molecule has 0 aliphatic rings. The molecule has 0 radical (unpaired) electrons. The van der Waals surface area contributed by atoms with Crippen LogP contribution in [-0.4, -0.2) is 44.2 Å². The predicted molar refractivity (Wildman–Crippen MR) is 70.4 cm³/mol. The van der Waals surface area contributed by atoms with Gasteiger partial charge in [-0.2, -0.15) is 0 Å². The number of pyridine rings is 1. The second-order valence-electron chi connectivity index (χ2n) is 4.32. The van der Waals surface area contributed by atoms with E-state index in [9.17, 15) is 0 Å². The Balaban J connectivity index is 2.49. The van der Waals surface area contributed by atoms with Crippen LogP contribution in [0.2, 0.25) is 0 Å². The summed E-state index contributed by atoms with van der Waals surface area (Å²) in [5.74, 6) is 0.835. The van der Waals surface area contributed by atoms with Crippen LogP contribution in [0.3, 0.4) is 0 Å². The van der Waals surface area contributed by atoms with Crippen LogP contribution in [0.4, 0.5) is 0 Å². The van der Waals surface area contributed by atoms with Crippen molar-refractivity contribution in [3.63, 3.8) is 0 Å². The van der Waals surface area contributed by atoms with Crippen molar-refractivity contribution >= 4 is 0 Å². The summed E-state index contributed by atoms with van der Waals surface area (Å²) >= 11 is 0. The Hall–Kier alpha value is -1.13. The number of ether oxygens (including phenoxy) is 1. The molecule has 0 aliphatic carbocycles. The van der Waals surface area contributed by atoms with Crippen molar-refractivity contribution in [1.82, 2.24) is 15.2 Å². The molecule has 0 spiro atoms. The van der Waals surface area contributed by atoms with Crippen LogP contribution in [-0.2, 0) is 0 Å². The van der Waals surface area contributed by atoms with E-state index in [1.54, 1.807) is 6.20 Å². The van der Waals surface area contributed by atoms with Crippen molar-refractivity contribution in [3.05, 3.63) is 24.0 Å². The topological polar surface area (TPSA) is 37.4 Å². The van der Waals surface area contributed by atoms with E-state index in [4.69, 9.17) is 4.74 Å². The van der Waals surface area contributed by atoms with Gasteiger partial charge in [0, 0.05) is 12.6 Å². The van der Waals surface area contributed by atoms with E-state index in [0.717, 1.165) is 24.4 Å². The average molecular weight is 237 g/mol. The lowest BCUT2D eigenvalue weighted by molar-refractivity contribution is 0.260. The van der Waals surface area contributed by atoms with E-state index in [-0.39, 0.29) is 0 Å². The van der Waals surface area contributed by atoms with Gasteiger partial charge in [-0.1, -0.05) is 6.92 Å². The van der Waals surface area contributed by atoms with Gasteiger partial charge in [0.15, 0.2) is 0 Å². The third kappa shape index (κ3) is 4.71. The molecule has 0 bridgehead atoms. The highest BCUT2D eigenvalue weighted by Crippen LogP contribution is 2.16. The first-order valence-electron chi connectivity index (χ1n) is 6.08. The number of nitrogens with one attached hydrogen (secondary N) is 1. The van der Waals surface area contributed by atoms with Crippen molar-refractivity contribution in [2.24, 2.45) is 0 Å². The fourth-order valence-electron chi connectivity index (χ4n) is 1.59. The smallest absolute Gasteiger partial charge is 0.137 e. The van der Waals surface area contributed by atoms with Crippen LogP contribution in [0.25, 0.3) is 0 Å². The predicted octanol–water partition coefficient (Wildman–Crippen LogP) is 1.69.